The van der Waals surface area contributed by atoms with Crippen LogP contribution in [0, 0.1) is 0 Å². The molecule has 0 rings (SSSR count). The van der Waals surface area contributed by atoms with Crippen molar-refractivity contribution >= 4 is 13.7 Å². The van der Waals surface area contributed by atoms with E-state index in [-0.39, 0.29) is 12.5 Å². The zero-order valence-corrected chi connectivity index (χ0v) is 36.4. The molecule has 0 saturated carbocycles. The Morgan fingerprint density at radius 3 is 1.42 bits per heavy atom. The number of phosphoric ester groups is 1. The summed E-state index contributed by atoms with van der Waals surface area (Å²) < 4.78 is 22.5. The quantitative estimate of drug-likeness (QED) is 0.0278. The Hall–Kier alpha value is -1.02. The number of rotatable bonds is 40. The van der Waals surface area contributed by atoms with E-state index in [0.29, 0.717) is 11.0 Å². The number of hydrogen-bond acceptors (Lipinski definition) is 6. The predicted octanol–water partition coefficient (Wildman–Crippen LogP) is 11.5. The second-order valence-electron chi connectivity index (χ2n) is 16.5. The Balaban J connectivity index is 3.62. The average molecular weight is 771 g/mol. The van der Waals surface area contributed by atoms with Gasteiger partial charge in [-0.3, -0.25) is 9.36 Å². The van der Waals surface area contributed by atoms with E-state index in [2.05, 4.69) is 24.4 Å². The van der Waals surface area contributed by atoms with E-state index in [9.17, 15) is 19.4 Å². The van der Waals surface area contributed by atoms with Crippen LogP contribution in [0.5, 0.6) is 0 Å². The second-order valence-corrected chi connectivity index (χ2v) is 17.9. The Kier molecular flexibility index (Phi) is 35.9. The van der Waals surface area contributed by atoms with Crippen molar-refractivity contribution in [3.05, 3.63) is 24.3 Å². The number of carbonyl (C=O) groups is 1. The van der Waals surface area contributed by atoms with Gasteiger partial charge in [-0.15, -0.1) is 0 Å². The third-order valence-corrected chi connectivity index (χ3v) is 10.9. The summed E-state index contributed by atoms with van der Waals surface area (Å²) in [5.74, 6) is -0.383. The fraction of sp³-hybridized carbons (Fsp3) is 0.886. The van der Waals surface area contributed by atoms with Crippen molar-refractivity contribution in [2.75, 3.05) is 40.9 Å². The molecule has 0 radical (unpaired) electrons. The molecule has 0 bridgehead atoms. The zero-order valence-electron chi connectivity index (χ0n) is 35.5. The third kappa shape index (κ3) is 40.5. The lowest BCUT2D eigenvalue weighted by Gasteiger charge is -2.29. The molecule has 0 spiro atoms. The van der Waals surface area contributed by atoms with Crippen molar-refractivity contribution in [2.24, 2.45) is 0 Å². The molecule has 314 valence electrons. The number of unbranched alkanes of at least 4 members (excludes halogenated alkanes) is 27. The number of phosphoric acid groups is 1. The van der Waals surface area contributed by atoms with E-state index in [4.69, 9.17) is 9.05 Å². The smallest absolute Gasteiger partial charge is 0.268 e. The number of likely N-dealkylation sites (N-methyl/N-ethyl adjacent to an activating group) is 1. The van der Waals surface area contributed by atoms with Gasteiger partial charge in [-0.2, -0.15) is 0 Å². The van der Waals surface area contributed by atoms with Gasteiger partial charge in [-0.05, 0) is 25.7 Å². The molecule has 8 nitrogen and oxygen atoms in total. The molecule has 0 aromatic rings. The number of carbonyl (C=O) groups excluding carboxylic acids is 1. The maximum absolute atomic E-state index is 12.1. The first-order chi connectivity index (χ1) is 25.5. The van der Waals surface area contributed by atoms with Crippen LogP contribution in [0.15, 0.2) is 24.3 Å². The minimum atomic E-state index is -4.55. The second kappa shape index (κ2) is 36.6. The van der Waals surface area contributed by atoms with Crippen LogP contribution in [0.4, 0.5) is 0 Å². The van der Waals surface area contributed by atoms with Crippen LogP contribution in [0.1, 0.15) is 200 Å². The highest BCUT2D eigenvalue weighted by atomic mass is 31.2. The molecule has 0 fully saturated rings. The molecule has 0 aliphatic heterocycles. The molecule has 0 heterocycles. The number of aliphatic hydroxyl groups excluding tert-OH is 1. The summed E-state index contributed by atoms with van der Waals surface area (Å²) in [6.07, 6.45) is 46.2. The summed E-state index contributed by atoms with van der Waals surface area (Å²) in [5.41, 5.74) is 0. The van der Waals surface area contributed by atoms with E-state index in [1.54, 1.807) is 6.08 Å². The normalized spacial score (nSPS) is 14.6. The lowest BCUT2D eigenvalue weighted by atomic mass is 10.0. The first kappa shape index (κ1) is 52.0. The van der Waals surface area contributed by atoms with E-state index in [0.717, 1.165) is 19.3 Å². The summed E-state index contributed by atoms with van der Waals surface area (Å²) in [6, 6.07) is -0.901. The van der Waals surface area contributed by atoms with Crippen LogP contribution in [-0.2, 0) is 18.4 Å². The third-order valence-electron chi connectivity index (χ3n) is 9.95. The number of amides is 1. The monoisotopic (exact) mass is 771 g/mol. The van der Waals surface area contributed by atoms with E-state index < -0.39 is 26.6 Å². The summed E-state index contributed by atoms with van der Waals surface area (Å²) in [6.45, 7) is 3.68. The number of nitrogens with one attached hydrogen (secondary N) is 1. The molecule has 0 aromatic carbocycles. The van der Waals surface area contributed by atoms with Gasteiger partial charge in [0.1, 0.15) is 13.2 Å². The summed E-state index contributed by atoms with van der Waals surface area (Å²) in [5, 5.41) is 13.1. The van der Waals surface area contributed by atoms with Crippen LogP contribution in [0.2, 0.25) is 0 Å². The van der Waals surface area contributed by atoms with Gasteiger partial charge in [0.15, 0.2) is 0 Å². The van der Waals surface area contributed by atoms with Gasteiger partial charge >= 0.3 is 0 Å². The Bertz CT molecular complexity index is 922. The number of aliphatic hydroxyl groups is 1. The highest BCUT2D eigenvalue weighted by Gasteiger charge is 2.22. The Morgan fingerprint density at radius 1 is 0.642 bits per heavy atom. The van der Waals surface area contributed by atoms with Crippen LogP contribution in [0.25, 0.3) is 0 Å². The van der Waals surface area contributed by atoms with Crippen LogP contribution >= 0.6 is 7.82 Å². The zero-order chi connectivity index (χ0) is 39.3. The van der Waals surface area contributed by atoms with Crippen molar-refractivity contribution in [3.63, 3.8) is 0 Å². The standard InChI is InChI=1S/C44H87N2O6P/c1-6-7-8-9-10-11-12-13-14-15-16-17-18-19-20-21-22-23-24-25-26-27-28-29-30-31-32-33-34-35-36-37-38-44(48)43(45-42(2)47)41-52-53(49,50)51-40-39-46(3,4)5/h33-34,37-38,43-44,48H,6-32,35-36,39-41H2,1-5H3,(H-,45,47,49,50)/b34-33+,38-37+. The van der Waals surface area contributed by atoms with E-state index in [1.807, 2.05) is 27.2 Å². The molecule has 0 aliphatic carbocycles. The van der Waals surface area contributed by atoms with Crippen molar-refractivity contribution in [3.8, 4) is 0 Å². The van der Waals surface area contributed by atoms with Gasteiger partial charge in [0, 0.05) is 6.92 Å². The summed E-state index contributed by atoms with van der Waals surface area (Å²) >= 11 is 0. The predicted molar refractivity (Wildman–Crippen MR) is 224 cm³/mol. The lowest BCUT2D eigenvalue weighted by molar-refractivity contribution is -0.870. The number of quaternary nitrogens is 1. The molecule has 3 atom stereocenters. The maximum atomic E-state index is 12.1. The summed E-state index contributed by atoms with van der Waals surface area (Å²) in [7, 11) is 1.24. The molecule has 2 N–H and O–H groups in total. The van der Waals surface area contributed by atoms with Crippen LogP contribution < -0.4 is 10.2 Å². The van der Waals surface area contributed by atoms with E-state index >= 15 is 0 Å². The SMILES string of the molecule is CCCCCCCCCCCCCCCCCCCCCCCCCCCC/C=C/CC/C=C/C(O)C(COP(=O)([O-])OCC[N+](C)(C)C)NC(C)=O. The van der Waals surface area contributed by atoms with Crippen LogP contribution in [0.3, 0.4) is 0 Å². The highest BCUT2D eigenvalue weighted by Crippen LogP contribution is 2.38. The number of allylic oxidation sites excluding steroid dienone is 3. The van der Waals surface area contributed by atoms with Crippen molar-refractivity contribution in [1.29, 1.82) is 0 Å². The molecule has 3 unspecified atom stereocenters. The largest absolute Gasteiger partial charge is 0.756 e. The minimum Gasteiger partial charge on any atom is -0.756 e. The van der Waals surface area contributed by atoms with Gasteiger partial charge in [0.2, 0.25) is 5.91 Å². The number of nitrogens with zero attached hydrogens (tertiary/aromatic N) is 1. The topological polar surface area (TPSA) is 108 Å². The molecule has 0 aromatic heterocycles. The van der Waals surface area contributed by atoms with Gasteiger partial charge in [0.25, 0.3) is 7.82 Å². The molecule has 0 aliphatic rings. The molecule has 9 heteroatoms. The Labute approximate surface area is 328 Å². The summed E-state index contributed by atoms with van der Waals surface area (Å²) in [4.78, 5) is 23.7. The fourth-order valence-electron chi connectivity index (χ4n) is 6.50. The van der Waals surface area contributed by atoms with E-state index in [1.165, 1.54) is 174 Å². The first-order valence-corrected chi connectivity index (χ1v) is 23.6. The minimum absolute atomic E-state index is 0.00917. The van der Waals surface area contributed by atoms with Gasteiger partial charge in [-0.1, -0.05) is 192 Å². The average Bonchev–Trinajstić information content (AvgIpc) is 3.09. The van der Waals surface area contributed by atoms with Crippen molar-refractivity contribution in [1.82, 2.24) is 5.32 Å². The fourth-order valence-corrected chi connectivity index (χ4v) is 7.22. The maximum Gasteiger partial charge on any atom is 0.268 e. The van der Waals surface area contributed by atoms with Crippen molar-refractivity contribution < 1.29 is 32.9 Å². The molecular formula is C44H87N2O6P. The van der Waals surface area contributed by atoms with Crippen LogP contribution in [-0.4, -0.2) is 68.5 Å². The molecular weight excluding hydrogens is 683 g/mol. The molecule has 0 saturated heterocycles. The van der Waals surface area contributed by atoms with Crippen molar-refractivity contribution in [2.45, 2.75) is 212 Å². The Morgan fingerprint density at radius 2 is 1.02 bits per heavy atom. The first-order valence-electron chi connectivity index (χ1n) is 22.1. The molecule has 1 amide bonds. The lowest BCUT2D eigenvalue weighted by Crippen LogP contribution is -2.45. The van der Waals surface area contributed by atoms with Gasteiger partial charge < -0.3 is 28.8 Å². The highest BCUT2D eigenvalue weighted by molar-refractivity contribution is 7.45. The molecule has 53 heavy (non-hydrogen) atoms. The van der Waals surface area contributed by atoms with Gasteiger partial charge in [0.05, 0.1) is 39.9 Å². The number of hydrogen-bond donors (Lipinski definition) is 2. The van der Waals surface area contributed by atoms with Gasteiger partial charge in [-0.25, -0.2) is 0 Å².